The van der Waals surface area contributed by atoms with Gasteiger partial charge < -0.3 is 15.4 Å². The topological polar surface area (TPSA) is 55.6 Å². The molecule has 0 aromatic rings. The Morgan fingerprint density at radius 3 is 2.44 bits per heavy atom. The summed E-state index contributed by atoms with van der Waals surface area (Å²) in [5, 5.41) is 0. The lowest BCUT2D eigenvalue weighted by atomic mass is 10.3. The Bertz CT molecular complexity index is 247. The zero-order valence-electron chi connectivity index (χ0n) is 11.6. The van der Waals surface area contributed by atoms with Crippen molar-refractivity contribution in [2.75, 3.05) is 26.3 Å². The molecule has 4 nitrogen and oxygen atoms in total. The molecule has 2 N–H and O–H groups in total. The molecule has 18 heavy (non-hydrogen) atoms. The van der Waals surface area contributed by atoms with Crippen molar-refractivity contribution in [2.45, 2.75) is 46.0 Å². The third-order valence-electron chi connectivity index (χ3n) is 2.64. The second-order valence-electron chi connectivity index (χ2n) is 4.27. The molecule has 0 aromatic heterocycles. The fraction of sp³-hybridized carbons (Fsp3) is 0.846. The average molecular weight is 274 g/mol. The van der Waals surface area contributed by atoms with Gasteiger partial charge in [-0.05, 0) is 12.8 Å². The van der Waals surface area contributed by atoms with Gasteiger partial charge in [-0.25, -0.2) is 0 Å². The third kappa shape index (κ3) is 9.36. The SMILES string of the molecule is CCCCOCCCN(CCC(N)=S)C(=O)CC. The smallest absolute Gasteiger partial charge is 0.222 e. The molecule has 0 saturated carbocycles. The van der Waals surface area contributed by atoms with Crippen LogP contribution in [0.2, 0.25) is 0 Å². The highest BCUT2D eigenvalue weighted by Crippen LogP contribution is 2.00. The van der Waals surface area contributed by atoms with Crippen LogP contribution >= 0.6 is 12.2 Å². The number of hydrogen-bond acceptors (Lipinski definition) is 3. The molecule has 0 aliphatic carbocycles. The maximum Gasteiger partial charge on any atom is 0.222 e. The minimum Gasteiger partial charge on any atom is -0.393 e. The number of amides is 1. The lowest BCUT2D eigenvalue weighted by molar-refractivity contribution is -0.131. The molecular weight excluding hydrogens is 248 g/mol. The van der Waals surface area contributed by atoms with Gasteiger partial charge in [0.2, 0.25) is 5.91 Å². The number of carbonyl (C=O) groups excluding carboxylic acids is 1. The predicted octanol–water partition coefficient (Wildman–Crippen LogP) is 2.11. The van der Waals surface area contributed by atoms with Crippen LogP contribution in [0, 0.1) is 0 Å². The summed E-state index contributed by atoms with van der Waals surface area (Å²) in [6, 6.07) is 0. The number of nitrogens with two attached hydrogens (primary N) is 1. The van der Waals surface area contributed by atoms with Crippen LogP contribution in [0.3, 0.4) is 0 Å². The van der Waals surface area contributed by atoms with Crippen molar-refractivity contribution in [3.05, 3.63) is 0 Å². The average Bonchev–Trinajstić information content (AvgIpc) is 2.35. The Balaban J connectivity index is 3.79. The molecule has 0 saturated heterocycles. The van der Waals surface area contributed by atoms with E-state index in [1.54, 1.807) is 0 Å². The van der Waals surface area contributed by atoms with E-state index in [4.69, 9.17) is 22.7 Å². The van der Waals surface area contributed by atoms with E-state index in [-0.39, 0.29) is 5.91 Å². The summed E-state index contributed by atoms with van der Waals surface area (Å²) < 4.78 is 5.47. The van der Waals surface area contributed by atoms with E-state index < -0.39 is 0 Å². The Hall–Kier alpha value is -0.680. The normalized spacial score (nSPS) is 10.3. The molecule has 0 aliphatic heterocycles. The fourth-order valence-corrected chi connectivity index (χ4v) is 1.63. The van der Waals surface area contributed by atoms with Gasteiger partial charge >= 0.3 is 0 Å². The number of ether oxygens (including phenoxy) is 1. The van der Waals surface area contributed by atoms with Gasteiger partial charge in [-0.15, -0.1) is 0 Å². The van der Waals surface area contributed by atoms with Gasteiger partial charge in [0.25, 0.3) is 0 Å². The first-order valence-corrected chi connectivity index (χ1v) is 7.16. The minimum absolute atomic E-state index is 0.153. The highest BCUT2D eigenvalue weighted by Gasteiger charge is 2.10. The second kappa shape index (κ2) is 11.4. The number of thiocarbonyl (C=S) groups is 1. The van der Waals surface area contributed by atoms with Crippen LogP contribution in [0.4, 0.5) is 0 Å². The number of nitrogens with zero attached hydrogens (tertiary/aromatic N) is 1. The maximum atomic E-state index is 11.7. The van der Waals surface area contributed by atoms with E-state index in [2.05, 4.69) is 6.92 Å². The summed E-state index contributed by atoms with van der Waals surface area (Å²) >= 11 is 4.84. The number of rotatable bonds is 11. The Labute approximate surface area is 116 Å². The quantitative estimate of drug-likeness (QED) is 0.463. The van der Waals surface area contributed by atoms with Crippen molar-refractivity contribution >= 4 is 23.1 Å². The van der Waals surface area contributed by atoms with Crippen LogP contribution in [0.25, 0.3) is 0 Å². The lowest BCUT2D eigenvalue weighted by Crippen LogP contribution is -2.34. The van der Waals surface area contributed by atoms with E-state index in [1.807, 2.05) is 11.8 Å². The monoisotopic (exact) mass is 274 g/mol. The van der Waals surface area contributed by atoms with E-state index in [1.165, 1.54) is 0 Å². The second-order valence-corrected chi connectivity index (χ2v) is 4.79. The standard InChI is InChI=1S/C13H26N2O2S/c1-3-5-10-17-11-6-8-15(13(16)4-2)9-7-12(14)18/h3-11H2,1-2H3,(H2,14,18). The van der Waals surface area contributed by atoms with Crippen molar-refractivity contribution in [2.24, 2.45) is 5.73 Å². The molecule has 0 aromatic carbocycles. The van der Waals surface area contributed by atoms with Crippen LogP contribution in [0.5, 0.6) is 0 Å². The summed E-state index contributed by atoms with van der Waals surface area (Å²) in [7, 11) is 0. The molecule has 106 valence electrons. The molecule has 0 spiro atoms. The number of hydrogen-bond donors (Lipinski definition) is 1. The van der Waals surface area contributed by atoms with Crippen LogP contribution in [-0.4, -0.2) is 42.1 Å². The largest absolute Gasteiger partial charge is 0.393 e. The zero-order chi connectivity index (χ0) is 13.8. The molecule has 0 fully saturated rings. The lowest BCUT2D eigenvalue weighted by Gasteiger charge is -2.22. The summed E-state index contributed by atoms with van der Waals surface area (Å²) in [5.41, 5.74) is 5.46. The van der Waals surface area contributed by atoms with E-state index in [9.17, 15) is 4.79 Å². The molecule has 0 unspecified atom stereocenters. The first kappa shape index (κ1) is 17.3. The first-order chi connectivity index (χ1) is 8.61. The van der Waals surface area contributed by atoms with Crippen molar-refractivity contribution < 1.29 is 9.53 Å². The van der Waals surface area contributed by atoms with Crippen molar-refractivity contribution in [3.63, 3.8) is 0 Å². The Kier molecular flexibility index (Phi) is 11.0. The molecule has 5 heteroatoms. The van der Waals surface area contributed by atoms with Gasteiger partial charge in [-0.2, -0.15) is 0 Å². The van der Waals surface area contributed by atoms with Crippen LogP contribution in [0.1, 0.15) is 46.0 Å². The van der Waals surface area contributed by atoms with E-state index >= 15 is 0 Å². The highest BCUT2D eigenvalue weighted by atomic mass is 32.1. The number of carbonyl (C=O) groups is 1. The molecule has 0 radical (unpaired) electrons. The van der Waals surface area contributed by atoms with E-state index in [0.717, 1.165) is 32.4 Å². The highest BCUT2D eigenvalue weighted by molar-refractivity contribution is 7.80. The predicted molar refractivity (Wildman–Crippen MR) is 78.6 cm³/mol. The van der Waals surface area contributed by atoms with Crippen molar-refractivity contribution in [1.82, 2.24) is 4.90 Å². The fourth-order valence-electron chi connectivity index (χ4n) is 1.54. The summed E-state index contributed by atoms with van der Waals surface area (Å²) in [4.78, 5) is 14.0. The summed E-state index contributed by atoms with van der Waals surface area (Å²) in [6.07, 6.45) is 4.23. The van der Waals surface area contributed by atoms with E-state index in [0.29, 0.717) is 31.0 Å². The molecule has 0 heterocycles. The van der Waals surface area contributed by atoms with Gasteiger partial charge in [-0.1, -0.05) is 32.5 Å². The van der Waals surface area contributed by atoms with Crippen LogP contribution in [0.15, 0.2) is 0 Å². The summed E-state index contributed by atoms with van der Waals surface area (Å²) in [6.45, 7) is 6.87. The van der Waals surface area contributed by atoms with Gasteiger partial charge in [0.05, 0.1) is 4.99 Å². The number of unbranched alkanes of at least 4 members (excludes halogenated alkanes) is 1. The molecule has 0 bridgehead atoms. The summed E-state index contributed by atoms with van der Waals surface area (Å²) in [5.74, 6) is 0.153. The zero-order valence-corrected chi connectivity index (χ0v) is 12.4. The van der Waals surface area contributed by atoms with Gasteiger partial charge in [-0.3, -0.25) is 4.79 Å². The molecular formula is C13H26N2O2S. The molecule has 0 atom stereocenters. The van der Waals surface area contributed by atoms with Crippen LogP contribution in [-0.2, 0) is 9.53 Å². The molecule has 0 rings (SSSR count). The van der Waals surface area contributed by atoms with Crippen molar-refractivity contribution in [1.29, 1.82) is 0 Å². The molecule has 1 amide bonds. The maximum absolute atomic E-state index is 11.7. The molecule has 0 aliphatic rings. The minimum atomic E-state index is 0.153. The van der Waals surface area contributed by atoms with Gasteiger partial charge in [0, 0.05) is 39.1 Å². The van der Waals surface area contributed by atoms with Crippen molar-refractivity contribution in [3.8, 4) is 0 Å². The van der Waals surface area contributed by atoms with Crippen LogP contribution < -0.4 is 5.73 Å². The third-order valence-corrected chi connectivity index (χ3v) is 2.85. The Morgan fingerprint density at radius 2 is 1.89 bits per heavy atom. The first-order valence-electron chi connectivity index (χ1n) is 6.75. The Morgan fingerprint density at radius 1 is 1.22 bits per heavy atom. The van der Waals surface area contributed by atoms with Gasteiger partial charge in [0.1, 0.15) is 0 Å². The van der Waals surface area contributed by atoms with Gasteiger partial charge in [0.15, 0.2) is 0 Å².